The topological polar surface area (TPSA) is 18.5 Å². The Hall–Kier alpha value is 0.270. The molecule has 0 radical (unpaired) electrons. The van der Waals surface area contributed by atoms with Crippen LogP contribution in [-0.2, 0) is 9.47 Å². The fourth-order valence-corrected chi connectivity index (χ4v) is 2.48. The Morgan fingerprint density at radius 1 is 1.50 bits per heavy atom. The number of ether oxygens (including phenoxy) is 2. The molecule has 0 N–H and O–H groups in total. The van der Waals surface area contributed by atoms with Gasteiger partial charge in [0.2, 0.25) is 0 Å². The third-order valence-corrected chi connectivity index (χ3v) is 3.54. The van der Waals surface area contributed by atoms with Gasteiger partial charge in [0.25, 0.3) is 0 Å². The van der Waals surface area contributed by atoms with Gasteiger partial charge in [0, 0.05) is 12.4 Å². The SMILES string of the molecule is COCOC(C(C)C)C1CCS1. The zero-order valence-electron chi connectivity index (χ0n) is 8.08. The average Bonchev–Trinajstić information content (AvgIpc) is 1.93. The second kappa shape index (κ2) is 5.10. The Labute approximate surface area is 79.0 Å². The van der Waals surface area contributed by atoms with Crippen LogP contribution in [0.25, 0.3) is 0 Å². The van der Waals surface area contributed by atoms with Crippen molar-refractivity contribution in [3.63, 3.8) is 0 Å². The van der Waals surface area contributed by atoms with E-state index in [0.29, 0.717) is 24.1 Å². The lowest BCUT2D eigenvalue weighted by Crippen LogP contribution is -2.37. The third-order valence-electron chi connectivity index (χ3n) is 2.14. The van der Waals surface area contributed by atoms with E-state index in [1.807, 2.05) is 11.8 Å². The maximum Gasteiger partial charge on any atom is 0.146 e. The summed E-state index contributed by atoms with van der Waals surface area (Å²) < 4.78 is 10.5. The first-order chi connectivity index (χ1) is 5.75. The molecule has 1 aliphatic rings. The maximum absolute atomic E-state index is 5.61. The summed E-state index contributed by atoms with van der Waals surface area (Å²) in [5.74, 6) is 1.89. The van der Waals surface area contributed by atoms with Crippen molar-refractivity contribution >= 4 is 11.8 Å². The lowest BCUT2D eigenvalue weighted by molar-refractivity contribution is -0.0878. The Morgan fingerprint density at radius 2 is 2.17 bits per heavy atom. The summed E-state index contributed by atoms with van der Waals surface area (Å²) in [6.07, 6.45) is 1.68. The summed E-state index contributed by atoms with van der Waals surface area (Å²) in [7, 11) is 1.67. The van der Waals surface area contributed by atoms with Crippen LogP contribution in [0.15, 0.2) is 0 Å². The number of hydrogen-bond acceptors (Lipinski definition) is 3. The van der Waals surface area contributed by atoms with E-state index < -0.39 is 0 Å². The summed E-state index contributed by atoms with van der Waals surface area (Å²) in [6.45, 7) is 4.85. The quantitative estimate of drug-likeness (QED) is 0.619. The van der Waals surface area contributed by atoms with E-state index in [9.17, 15) is 0 Å². The second-order valence-corrected chi connectivity index (χ2v) is 4.83. The molecule has 1 heterocycles. The van der Waals surface area contributed by atoms with E-state index in [0.717, 1.165) is 0 Å². The number of thioether (sulfide) groups is 1. The molecule has 12 heavy (non-hydrogen) atoms. The van der Waals surface area contributed by atoms with Crippen LogP contribution >= 0.6 is 11.8 Å². The first kappa shape index (κ1) is 10.4. The largest absolute Gasteiger partial charge is 0.359 e. The molecule has 3 heteroatoms. The molecule has 0 aliphatic carbocycles. The molecule has 0 bridgehead atoms. The summed E-state index contributed by atoms with van der Waals surface area (Å²) in [6, 6.07) is 0. The molecule has 2 unspecified atom stereocenters. The average molecular weight is 190 g/mol. The molecule has 2 nitrogen and oxygen atoms in total. The monoisotopic (exact) mass is 190 g/mol. The van der Waals surface area contributed by atoms with Crippen LogP contribution in [0.1, 0.15) is 20.3 Å². The van der Waals surface area contributed by atoms with Crippen molar-refractivity contribution in [2.45, 2.75) is 31.6 Å². The molecule has 1 rings (SSSR count). The van der Waals surface area contributed by atoms with E-state index in [1.54, 1.807) is 7.11 Å². The molecular weight excluding hydrogens is 172 g/mol. The van der Waals surface area contributed by atoms with Crippen molar-refractivity contribution in [1.82, 2.24) is 0 Å². The molecular formula is C9H18O2S. The van der Waals surface area contributed by atoms with Crippen molar-refractivity contribution < 1.29 is 9.47 Å². The van der Waals surface area contributed by atoms with E-state index in [1.165, 1.54) is 12.2 Å². The van der Waals surface area contributed by atoms with Crippen LogP contribution in [-0.4, -0.2) is 31.0 Å². The summed E-state index contributed by atoms with van der Waals surface area (Å²) in [5.41, 5.74) is 0. The van der Waals surface area contributed by atoms with Gasteiger partial charge >= 0.3 is 0 Å². The normalized spacial score (nSPS) is 25.5. The van der Waals surface area contributed by atoms with E-state index >= 15 is 0 Å². The van der Waals surface area contributed by atoms with Crippen molar-refractivity contribution in [3.05, 3.63) is 0 Å². The van der Waals surface area contributed by atoms with Gasteiger partial charge in [-0.2, -0.15) is 11.8 Å². The van der Waals surface area contributed by atoms with E-state index in [-0.39, 0.29) is 0 Å². The van der Waals surface area contributed by atoms with Crippen LogP contribution in [0.4, 0.5) is 0 Å². The summed E-state index contributed by atoms with van der Waals surface area (Å²) in [4.78, 5) is 0. The molecule has 0 amide bonds. The Balaban J connectivity index is 2.27. The minimum absolute atomic E-state index is 0.378. The smallest absolute Gasteiger partial charge is 0.146 e. The van der Waals surface area contributed by atoms with Gasteiger partial charge in [-0.15, -0.1) is 0 Å². The summed E-state index contributed by atoms with van der Waals surface area (Å²) in [5, 5.41) is 0.708. The Bertz CT molecular complexity index is 124. The first-order valence-electron chi connectivity index (χ1n) is 4.48. The van der Waals surface area contributed by atoms with Crippen LogP contribution in [0.5, 0.6) is 0 Å². The van der Waals surface area contributed by atoms with E-state index in [4.69, 9.17) is 9.47 Å². The van der Waals surface area contributed by atoms with Gasteiger partial charge in [-0.3, -0.25) is 0 Å². The second-order valence-electron chi connectivity index (χ2n) is 3.48. The number of methoxy groups -OCH3 is 1. The lowest BCUT2D eigenvalue weighted by atomic mass is 10.0. The highest BCUT2D eigenvalue weighted by molar-refractivity contribution is 8.01. The summed E-state index contributed by atoms with van der Waals surface area (Å²) >= 11 is 2.01. The highest BCUT2D eigenvalue weighted by Crippen LogP contribution is 2.34. The zero-order valence-corrected chi connectivity index (χ0v) is 8.89. The molecule has 0 spiro atoms. The molecule has 72 valence electrons. The maximum atomic E-state index is 5.61. The van der Waals surface area contributed by atoms with Crippen molar-refractivity contribution in [2.75, 3.05) is 19.7 Å². The molecule has 1 fully saturated rings. The van der Waals surface area contributed by atoms with Crippen molar-refractivity contribution in [2.24, 2.45) is 5.92 Å². The minimum Gasteiger partial charge on any atom is -0.359 e. The van der Waals surface area contributed by atoms with Crippen molar-refractivity contribution in [1.29, 1.82) is 0 Å². The van der Waals surface area contributed by atoms with Crippen LogP contribution < -0.4 is 0 Å². The lowest BCUT2D eigenvalue weighted by Gasteiger charge is -2.35. The van der Waals surface area contributed by atoms with Crippen LogP contribution in [0, 0.1) is 5.92 Å². The fourth-order valence-electron chi connectivity index (χ4n) is 1.39. The fraction of sp³-hybridized carbons (Fsp3) is 1.00. The molecule has 1 aliphatic heterocycles. The molecule has 0 aromatic carbocycles. The predicted octanol–water partition coefficient (Wildman–Crippen LogP) is 2.14. The Kier molecular flexibility index (Phi) is 4.40. The Morgan fingerprint density at radius 3 is 2.50 bits per heavy atom. The van der Waals surface area contributed by atoms with Gasteiger partial charge < -0.3 is 9.47 Å². The van der Waals surface area contributed by atoms with Gasteiger partial charge in [0.1, 0.15) is 6.79 Å². The number of hydrogen-bond donors (Lipinski definition) is 0. The molecule has 0 saturated carbocycles. The van der Waals surface area contributed by atoms with Gasteiger partial charge in [0.15, 0.2) is 0 Å². The highest BCUT2D eigenvalue weighted by Gasteiger charge is 2.30. The van der Waals surface area contributed by atoms with Crippen LogP contribution in [0.2, 0.25) is 0 Å². The van der Waals surface area contributed by atoms with Crippen molar-refractivity contribution in [3.8, 4) is 0 Å². The third kappa shape index (κ3) is 2.64. The molecule has 1 saturated heterocycles. The van der Waals surface area contributed by atoms with Crippen LogP contribution in [0.3, 0.4) is 0 Å². The predicted molar refractivity (Wildman–Crippen MR) is 52.5 cm³/mol. The van der Waals surface area contributed by atoms with Gasteiger partial charge in [-0.1, -0.05) is 13.8 Å². The first-order valence-corrected chi connectivity index (χ1v) is 5.52. The number of rotatable bonds is 5. The molecule has 2 atom stereocenters. The molecule has 0 aromatic rings. The van der Waals surface area contributed by atoms with Gasteiger partial charge in [-0.25, -0.2) is 0 Å². The standard InChI is InChI=1S/C9H18O2S/c1-7(2)9(11-6-10-3)8-4-5-12-8/h7-9H,4-6H2,1-3H3. The van der Waals surface area contributed by atoms with Gasteiger partial charge in [0.05, 0.1) is 6.10 Å². The zero-order chi connectivity index (χ0) is 8.97. The molecule has 0 aromatic heterocycles. The van der Waals surface area contributed by atoms with E-state index in [2.05, 4.69) is 13.8 Å². The highest BCUT2D eigenvalue weighted by atomic mass is 32.2. The van der Waals surface area contributed by atoms with Gasteiger partial charge in [-0.05, 0) is 18.1 Å². The minimum atomic E-state index is 0.378.